The topological polar surface area (TPSA) is 37.8 Å². The van der Waals surface area contributed by atoms with Crippen LogP contribution in [0.2, 0.25) is 5.02 Å². The molecule has 4 rings (SSSR count). The molecule has 0 atom stereocenters. The molecule has 0 saturated heterocycles. The molecule has 4 aromatic rings. The van der Waals surface area contributed by atoms with Gasteiger partial charge in [0.15, 0.2) is 4.77 Å². The molecule has 6 heteroatoms. The van der Waals surface area contributed by atoms with Gasteiger partial charge in [0.1, 0.15) is 4.83 Å². The van der Waals surface area contributed by atoms with Gasteiger partial charge in [0.2, 0.25) is 0 Å². The number of halogens is 1. The van der Waals surface area contributed by atoms with E-state index in [1.807, 2.05) is 48.5 Å². The smallest absolute Gasteiger partial charge is 0.263 e. The monoisotopic (exact) mass is 398 g/mol. The summed E-state index contributed by atoms with van der Waals surface area (Å²) >= 11 is 12.9. The number of thiophene rings is 1. The minimum atomic E-state index is -0.0609. The summed E-state index contributed by atoms with van der Waals surface area (Å²) in [6, 6.07) is 19.6. The minimum Gasteiger partial charge on any atom is -0.323 e. The molecule has 3 nitrogen and oxygen atoms in total. The van der Waals surface area contributed by atoms with Crippen molar-refractivity contribution in [1.82, 2.24) is 9.55 Å². The Morgan fingerprint density at radius 1 is 1.04 bits per heavy atom. The SMILES string of the molecule is O=c1c2cc(Cc3ccccc3)sc2[nH]c(=S)n1Cc1ccc(Cl)cc1. The van der Waals surface area contributed by atoms with Crippen LogP contribution in [0, 0.1) is 4.77 Å². The molecule has 0 unspecified atom stereocenters. The highest BCUT2D eigenvalue weighted by Crippen LogP contribution is 2.24. The number of fused-ring (bicyclic) bond motifs is 1. The second-order valence-electron chi connectivity index (χ2n) is 6.07. The summed E-state index contributed by atoms with van der Waals surface area (Å²) in [5.41, 5.74) is 2.14. The van der Waals surface area contributed by atoms with Crippen molar-refractivity contribution in [1.29, 1.82) is 0 Å². The van der Waals surface area contributed by atoms with Crippen LogP contribution in [0.5, 0.6) is 0 Å². The van der Waals surface area contributed by atoms with Crippen molar-refractivity contribution >= 4 is 45.4 Å². The van der Waals surface area contributed by atoms with Gasteiger partial charge >= 0.3 is 0 Å². The average molecular weight is 399 g/mol. The van der Waals surface area contributed by atoms with E-state index in [0.717, 1.165) is 21.7 Å². The Kier molecular flexibility index (Phi) is 4.76. The molecule has 0 aliphatic heterocycles. The number of H-pyrrole nitrogens is 1. The summed E-state index contributed by atoms with van der Waals surface area (Å²) in [7, 11) is 0. The summed E-state index contributed by atoms with van der Waals surface area (Å²) in [5, 5.41) is 1.36. The molecule has 0 aliphatic rings. The molecule has 0 bridgehead atoms. The van der Waals surface area contributed by atoms with Crippen LogP contribution >= 0.6 is 35.2 Å². The largest absolute Gasteiger partial charge is 0.323 e. The Labute approximate surface area is 164 Å². The first-order valence-corrected chi connectivity index (χ1v) is 9.74. The lowest BCUT2D eigenvalue weighted by atomic mass is 10.1. The van der Waals surface area contributed by atoms with Gasteiger partial charge in [-0.15, -0.1) is 11.3 Å². The molecule has 2 aromatic heterocycles. The van der Waals surface area contributed by atoms with Crippen LogP contribution in [0.25, 0.3) is 10.2 Å². The van der Waals surface area contributed by atoms with Crippen molar-refractivity contribution in [3.63, 3.8) is 0 Å². The van der Waals surface area contributed by atoms with Crippen LogP contribution in [0.15, 0.2) is 65.5 Å². The van der Waals surface area contributed by atoms with E-state index in [9.17, 15) is 4.79 Å². The van der Waals surface area contributed by atoms with Gasteiger partial charge in [0, 0.05) is 16.3 Å². The molecular weight excluding hydrogens is 384 g/mol. The second-order valence-corrected chi connectivity index (χ2v) is 8.03. The van der Waals surface area contributed by atoms with Crippen LogP contribution < -0.4 is 5.56 Å². The molecule has 0 radical (unpaired) electrons. The Bertz CT molecular complexity index is 1170. The zero-order valence-corrected chi connectivity index (χ0v) is 16.1. The van der Waals surface area contributed by atoms with Gasteiger partial charge < -0.3 is 4.98 Å². The summed E-state index contributed by atoms with van der Waals surface area (Å²) in [6.07, 6.45) is 0.803. The van der Waals surface area contributed by atoms with Gasteiger partial charge in [-0.05, 0) is 41.5 Å². The van der Waals surface area contributed by atoms with E-state index in [0.29, 0.717) is 21.7 Å². The highest BCUT2D eigenvalue weighted by Gasteiger charge is 2.11. The maximum absolute atomic E-state index is 12.9. The van der Waals surface area contributed by atoms with Crippen LogP contribution in [-0.4, -0.2) is 9.55 Å². The Morgan fingerprint density at radius 2 is 1.77 bits per heavy atom. The summed E-state index contributed by atoms with van der Waals surface area (Å²) in [5.74, 6) is 0. The maximum Gasteiger partial charge on any atom is 0.263 e. The fourth-order valence-corrected chi connectivity index (χ4v) is 4.42. The van der Waals surface area contributed by atoms with Crippen LogP contribution in [0.1, 0.15) is 16.0 Å². The zero-order valence-electron chi connectivity index (χ0n) is 13.7. The van der Waals surface area contributed by atoms with Gasteiger partial charge in [-0.2, -0.15) is 0 Å². The van der Waals surface area contributed by atoms with Gasteiger partial charge in [-0.25, -0.2) is 0 Å². The first-order chi connectivity index (χ1) is 12.6. The number of aromatic nitrogens is 2. The lowest BCUT2D eigenvalue weighted by Crippen LogP contribution is -2.22. The lowest BCUT2D eigenvalue weighted by molar-refractivity contribution is 0.735. The van der Waals surface area contributed by atoms with E-state index in [-0.39, 0.29) is 5.56 Å². The number of hydrogen-bond donors (Lipinski definition) is 1. The number of hydrogen-bond acceptors (Lipinski definition) is 3. The standard InChI is InChI=1S/C20H15ClN2OS2/c21-15-8-6-14(7-9-15)12-23-19(24)17-11-16(26-18(17)22-20(23)25)10-13-4-2-1-3-5-13/h1-9,11H,10,12H2,(H,22,25). The predicted molar refractivity (Wildman–Crippen MR) is 111 cm³/mol. The molecule has 0 fully saturated rings. The number of rotatable bonds is 4. The van der Waals surface area contributed by atoms with Crippen LogP contribution in [-0.2, 0) is 13.0 Å². The molecule has 0 saturated carbocycles. The van der Waals surface area contributed by atoms with Gasteiger partial charge in [-0.1, -0.05) is 54.1 Å². The first-order valence-electron chi connectivity index (χ1n) is 8.14. The molecule has 26 heavy (non-hydrogen) atoms. The van der Waals surface area contributed by atoms with Crippen molar-refractivity contribution < 1.29 is 0 Å². The zero-order chi connectivity index (χ0) is 18.1. The van der Waals surface area contributed by atoms with Crippen molar-refractivity contribution in [2.45, 2.75) is 13.0 Å². The van der Waals surface area contributed by atoms with Gasteiger partial charge in [0.05, 0.1) is 11.9 Å². The molecule has 2 aromatic carbocycles. The number of nitrogens with zero attached hydrogens (tertiary/aromatic N) is 1. The van der Waals surface area contributed by atoms with Crippen LogP contribution in [0.3, 0.4) is 0 Å². The fourth-order valence-electron chi connectivity index (χ4n) is 2.90. The summed E-state index contributed by atoms with van der Waals surface area (Å²) in [6.45, 7) is 0.422. The summed E-state index contributed by atoms with van der Waals surface area (Å²) in [4.78, 5) is 18.1. The van der Waals surface area contributed by atoms with E-state index in [1.54, 1.807) is 15.9 Å². The normalized spacial score (nSPS) is 11.1. The molecule has 0 spiro atoms. The van der Waals surface area contributed by atoms with Crippen LogP contribution in [0.4, 0.5) is 0 Å². The van der Waals surface area contributed by atoms with E-state index in [4.69, 9.17) is 23.8 Å². The van der Waals surface area contributed by atoms with Gasteiger partial charge in [-0.3, -0.25) is 9.36 Å². The van der Waals surface area contributed by atoms with E-state index in [1.165, 1.54) is 5.56 Å². The third-order valence-electron chi connectivity index (χ3n) is 4.20. The molecular formula is C20H15ClN2OS2. The maximum atomic E-state index is 12.9. The second kappa shape index (κ2) is 7.19. The number of benzene rings is 2. The van der Waals surface area contributed by atoms with Crippen molar-refractivity contribution in [2.24, 2.45) is 0 Å². The first kappa shape index (κ1) is 17.2. The summed E-state index contributed by atoms with van der Waals surface area (Å²) < 4.78 is 2.03. The highest BCUT2D eigenvalue weighted by atomic mass is 35.5. The third-order valence-corrected chi connectivity index (χ3v) is 5.82. The van der Waals surface area contributed by atoms with E-state index < -0.39 is 0 Å². The molecule has 130 valence electrons. The van der Waals surface area contributed by atoms with E-state index >= 15 is 0 Å². The quantitative estimate of drug-likeness (QED) is 0.466. The number of nitrogens with one attached hydrogen (secondary N) is 1. The molecule has 1 N–H and O–H groups in total. The van der Waals surface area contributed by atoms with Crippen molar-refractivity contribution in [3.8, 4) is 0 Å². The average Bonchev–Trinajstić information content (AvgIpc) is 3.03. The van der Waals surface area contributed by atoms with Crippen molar-refractivity contribution in [3.05, 3.63) is 96.8 Å². The lowest BCUT2D eigenvalue weighted by Gasteiger charge is -2.06. The Balaban J connectivity index is 1.72. The number of aromatic amines is 1. The highest BCUT2D eigenvalue weighted by molar-refractivity contribution is 7.71. The molecule has 0 aliphatic carbocycles. The molecule has 2 heterocycles. The molecule has 0 amide bonds. The minimum absolute atomic E-state index is 0.0609. The third kappa shape index (κ3) is 3.51. The van der Waals surface area contributed by atoms with Crippen molar-refractivity contribution in [2.75, 3.05) is 0 Å². The Morgan fingerprint density at radius 3 is 2.50 bits per heavy atom. The van der Waals surface area contributed by atoms with E-state index in [2.05, 4.69) is 17.1 Å². The predicted octanol–water partition coefficient (Wildman–Crippen LogP) is 5.41. The Hall–Kier alpha value is -2.21. The van der Waals surface area contributed by atoms with Gasteiger partial charge in [0.25, 0.3) is 5.56 Å². The fraction of sp³-hybridized carbons (Fsp3) is 0.100.